The summed E-state index contributed by atoms with van der Waals surface area (Å²) in [6.45, 7) is 6.17. The van der Waals surface area contributed by atoms with Crippen molar-refractivity contribution in [3.05, 3.63) is 30.7 Å². The minimum Gasteiger partial charge on any atom is -0.346 e. The normalized spacial score (nSPS) is 12.0. The SMILES string of the molecule is CCOC(C)(OCC)c1c(Cl)c(Cl)c(Cl)c(Cl)c1Cl. The van der Waals surface area contributed by atoms with Crippen molar-refractivity contribution in [2.45, 2.75) is 26.6 Å². The van der Waals surface area contributed by atoms with Gasteiger partial charge >= 0.3 is 0 Å². The Bertz CT molecular complexity index is 441. The molecule has 0 aliphatic carbocycles. The van der Waals surface area contributed by atoms with Crippen LogP contribution in [-0.4, -0.2) is 13.2 Å². The molecule has 108 valence electrons. The summed E-state index contributed by atoms with van der Waals surface area (Å²) in [5.41, 5.74) is 0.374. The third-order valence-corrected chi connectivity index (χ3v) is 4.78. The lowest BCUT2D eigenvalue weighted by atomic mass is 10.1. The second-order valence-corrected chi connectivity index (χ2v) is 5.65. The van der Waals surface area contributed by atoms with Crippen LogP contribution in [0, 0.1) is 0 Å². The van der Waals surface area contributed by atoms with Crippen LogP contribution in [0.3, 0.4) is 0 Å². The van der Waals surface area contributed by atoms with E-state index in [1.165, 1.54) is 0 Å². The summed E-state index contributed by atoms with van der Waals surface area (Å²) < 4.78 is 11.2. The van der Waals surface area contributed by atoms with E-state index in [2.05, 4.69) is 0 Å². The highest BCUT2D eigenvalue weighted by Crippen LogP contribution is 2.48. The molecule has 0 amide bonds. The smallest absolute Gasteiger partial charge is 0.194 e. The summed E-state index contributed by atoms with van der Waals surface area (Å²) in [6, 6.07) is 0. The lowest BCUT2D eigenvalue weighted by Gasteiger charge is -2.32. The molecule has 1 aromatic carbocycles. The number of halogens is 5. The van der Waals surface area contributed by atoms with Gasteiger partial charge in [0.25, 0.3) is 0 Å². The van der Waals surface area contributed by atoms with Gasteiger partial charge in [0.1, 0.15) is 0 Å². The van der Waals surface area contributed by atoms with Gasteiger partial charge in [-0.3, -0.25) is 0 Å². The molecule has 0 radical (unpaired) electrons. The molecule has 1 rings (SSSR count). The van der Waals surface area contributed by atoms with Gasteiger partial charge in [0, 0.05) is 13.2 Å². The van der Waals surface area contributed by atoms with Gasteiger partial charge in [0.2, 0.25) is 0 Å². The Kier molecular flexibility index (Phi) is 6.53. The second kappa shape index (κ2) is 7.04. The highest BCUT2D eigenvalue weighted by molar-refractivity contribution is 6.55. The zero-order chi connectivity index (χ0) is 14.8. The number of benzene rings is 1. The fourth-order valence-electron chi connectivity index (χ4n) is 1.74. The molecular formula is C12H13Cl5O2. The maximum Gasteiger partial charge on any atom is 0.194 e. The first kappa shape index (κ1) is 17.6. The first-order chi connectivity index (χ1) is 8.80. The number of hydrogen-bond donors (Lipinski definition) is 0. The van der Waals surface area contributed by atoms with Gasteiger partial charge < -0.3 is 9.47 Å². The number of rotatable bonds is 5. The van der Waals surface area contributed by atoms with Gasteiger partial charge in [-0.15, -0.1) is 0 Å². The second-order valence-electron chi connectivity index (χ2n) is 3.76. The molecule has 1 aromatic rings. The Morgan fingerprint density at radius 2 is 1.05 bits per heavy atom. The molecule has 0 heterocycles. The quantitative estimate of drug-likeness (QED) is 0.351. The van der Waals surface area contributed by atoms with Crippen molar-refractivity contribution >= 4 is 58.0 Å². The fraction of sp³-hybridized carbons (Fsp3) is 0.500. The number of ether oxygens (including phenoxy) is 2. The van der Waals surface area contributed by atoms with E-state index >= 15 is 0 Å². The summed E-state index contributed by atoms with van der Waals surface area (Å²) in [5, 5.41) is 0.699. The standard InChI is InChI=1S/C12H13Cl5O2/c1-4-18-12(3,19-5-2)6-7(13)9(15)11(17)10(16)8(6)14/h4-5H2,1-3H3. The minimum absolute atomic E-state index is 0.109. The zero-order valence-electron chi connectivity index (χ0n) is 10.6. The first-order valence-electron chi connectivity index (χ1n) is 5.59. The van der Waals surface area contributed by atoms with Crippen molar-refractivity contribution < 1.29 is 9.47 Å². The molecule has 7 heteroatoms. The van der Waals surface area contributed by atoms with Crippen LogP contribution >= 0.6 is 58.0 Å². The van der Waals surface area contributed by atoms with E-state index < -0.39 is 5.79 Å². The fourth-order valence-corrected chi connectivity index (χ4v) is 3.22. The van der Waals surface area contributed by atoms with Gasteiger partial charge in [0.05, 0.1) is 30.7 Å². The van der Waals surface area contributed by atoms with Crippen LogP contribution in [0.1, 0.15) is 26.3 Å². The molecule has 0 saturated heterocycles. The van der Waals surface area contributed by atoms with Crippen LogP contribution in [0.25, 0.3) is 0 Å². The lowest BCUT2D eigenvalue weighted by molar-refractivity contribution is -0.229. The van der Waals surface area contributed by atoms with Gasteiger partial charge in [0.15, 0.2) is 5.79 Å². The van der Waals surface area contributed by atoms with E-state index in [1.807, 2.05) is 13.8 Å². The third-order valence-electron chi connectivity index (χ3n) is 2.50. The van der Waals surface area contributed by atoms with Crippen molar-refractivity contribution in [1.82, 2.24) is 0 Å². The first-order valence-corrected chi connectivity index (χ1v) is 7.48. The average Bonchev–Trinajstić information content (AvgIpc) is 2.34. The van der Waals surface area contributed by atoms with E-state index in [9.17, 15) is 0 Å². The maximum absolute atomic E-state index is 6.21. The largest absolute Gasteiger partial charge is 0.346 e. The molecule has 19 heavy (non-hydrogen) atoms. The molecule has 0 atom stereocenters. The Balaban J connectivity index is 3.55. The monoisotopic (exact) mass is 364 g/mol. The van der Waals surface area contributed by atoms with Crippen LogP contribution in [0.4, 0.5) is 0 Å². The average molecular weight is 366 g/mol. The Hall–Kier alpha value is 0.590. The van der Waals surface area contributed by atoms with Crippen molar-refractivity contribution in [1.29, 1.82) is 0 Å². The van der Waals surface area contributed by atoms with Gasteiger partial charge in [-0.25, -0.2) is 0 Å². The van der Waals surface area contributed by atoms with Crippen molar-refractivity contribution in [3.63, 3.8) is 0 Å². The Labute approximate surface area is 137 Å². The summed E-state index contributed by atoms with van der Waals surface area (Å²) >= 11 is 30.5. The predicted molar refractivity (Wildman–Crippen MR) is 82.1 cm³/mol. The molecule has 0 fully saturated rings. The molecule has 0 aromatic heterocycles. The van der Waals surface area contributed by atoms with Gasteiger partial charge in [-0.1, -0.05) is 58.0 Å². The molecule has 0 saturated carbocycles. The molecule has 2 nitrogen and oxygen atoms in total. The van der Waals surface area contributed by atoms with E-state index in [0.29, 0.717) is 18.8 Å². The van der Waals surface area contributed by atoms with E-state index in [4.69, 9.17) is 67.5 Å². The van der Waals surface area contributed by atoms with Crippen LogP contribution in [0.15, 0.2) is 0 Å². The van der Waals surface area contributed by atoms with E-state index in [1.54, 1.807) is 6.92 Å². The highest BCUT2D eigenvalue weighted by atomic mass is 35.5. The summed E-state index contributed by atoms with van der Waals surface area (Å²) in [7, 11) is 0. The van der Waals surface area contributed by atoms with Crippen LogP contribution in [-0.2, 0) is 15.3 Å². The highest BCUT2D eigenvalue weighted by Gasteiger charge is 2.36. The Morgan fingerprint density at radius 1 is 0.737 bits per heavy atom. The summed E-state index contributed by atoms with van der Waals surface area (Å²) in [4.78, 5) is 0. The van der Waals surface area contributed by atoms with Crippen LogP contribution in [0.2, 0.25) is 25.1 Å². The molecule has 0 aliphatic rings. The minimum atomic E-state index is -1.14. The van der Waals surface area contributed by atoms with E-state index in [0.717, 1.165) is 0 Å². The van der Waals surface area contributed by atoms with E-state index in [-0.39, 0.29) is 25.1 Å². The topological polar surface area (TPSA) is 18.5 Å². The number of hydrogen-bond acceptors (Lipinski definition) is 2. The van der Waals surface area contributed by atoms with Crippen molar-refractivity contribution in [2.75, 3.05) is 13.2 Å². The van der Waals surface area contributed by atoms with Gasteiger partial charge in [-0.05, 0) is 20.8 Å². The lowest BCUT2D eigenvalue weighted by Crippen LogP contribution is -2.30. The molecule has 0 aliphatic heterocycles. The molecular weight excluding hydrogens is 353 g/mol. The third kappa shape index (κ3) is 3.44. The predicted octanol–water partition coefficient (Wildman–Crippen LogP) is 6.20. The molecule has 0 spiro atoms. The van der Waals surface area contributed by atoms with Crippen molar-refractivity contribution in [2.24, 2.45) is 0 Å². The van der Waals surface area contributed by atoms with Gasteiger partial charge in [-0.2, -0.15) is 0 Å². The van der Waals surface area contributed by atoms with Crippen LogP contribution in [0.5, 0.6) is 0 Å². The van der Waals surface area contributed by atoms with Crippen molar-refractivity contribution in [3.8, 4) is 0 Å². The zero-order valence-corrected chi connectivity index (χ0v) is 14.4. The molecule has 0 bridgehead atoms. The maximum atomic E-state index is 6.21. The summed E-state index contributed by atoms with van der Waals surface area (Å²) in [5.74, 6) is -1.14. The molecule has 0 N–H and O–H groups in total. The molecule has 0 unspecified atom stereocenters. The summed E-state index contributed by atoms with van der Waals surface area (Å²) in [6.07, 6.45) is 0. The van der Waals surface area contributed by atoms with Crippen LogP contribution < -0.4 is 0 Å². The Morgan fingerprint density at radius 3 is 1.37 bits per heavy atom.